The second-order valence-corrected chi connectivity index (χ2v) is 13.2. The monoisotopic (exact) mass is 655 g/mol. The average molecular weight is 656 g/mol. The molecule has 3 N–H and O–H groups in total. The molecule has 0 aliphatic carbocycles. The largest absolute Gasteiger partial charge is 0.495 e. The topological polar surface area (TPSA) is 118 Å². The van der Waals surface area contributed by atoms with Crippen molar-refractivity contribution in [3.8, 4) is 5.75 Å². The van der Waals surface area contributed by atoms with Crippen molar-refractivity contribution >= 4 is 35.0 Å². The van der Waals surface area contributed by atoms with Gasteiger partial charge in [0.25, 0.3) is 11.8 Å². The number of amides is 2. The maximum Gasteiger partial charge on any atom is 0.251 e. The molecule has 0 saturated carbocycles. The van der Waals surface area contributed by atoms with Crippen molar-refractivity contribution in [2.45, 2.75) is 69.6 Å². The van der Waals surface area contributed by atoms with E-state index in [0.29, 0.717) is 53.0 Å². The highest BCUT2D eigenvalue weighted by Gasteiger charge is 2.39. The van der Waals surface area contributed by atoms with Gasteiger partial charge < -0.3 is 25.6 Å². The fourth-order valence-corrected chi connectivity index (χ4v) is 7.47. The van der Waals surface area contributed by atoms with Gasteiger partial charge in [-0.2, -0.15) is 4.98 Å². The minimum atomic E-state index is -0.363. The van der Waals surface area contributed by atoms with Gasteiger partial charge in [-0.15, -0.1) is 0 Å². The lowest BCUT2D eigenvalue weighted by Crippen LogP contribution is -2.57. The van der Waals surface area contributed by atoms with E-state index in [4.69, 9.17) is 9.72 Å². The maximum atomic E-state index is 13.6. The molecule has 3 aliphatic heterocycles. The van der Waals surface area contributed by atoms with Crippen molar-refractivity contribution in [3.05, 3.63) is 65.9 Å². The molecule has 3 aliphatic rings. The van der Waals surface area contributed by atoms with E-state index in [0.717, 1.165) is 38.9 Å². The molecule has 12 nitrogen and oxygen atoms in total. The van der Waals surface area contributed by atoms with Crippen LogP contribution in [0, 0.1) is 0 Å². The summed E-state index contributed by atoms with van der Waals surface area (Å²) < 4.78 is 5.72. The van der Waals surface area contributed by atoms with Crippen molar-refractivity contribution < 1.29 is 14.3 Å². The van der Waals surface area contributed by atoms with Crippen LogP contribution in [-0.4, -0.2) is 104 Å². The third-order valence-corrected chi connectivity index (χ3v) is 9.96. The first-order valence-electron chi connectivity index (χ1n) is 17.1. The Morgan fingerprint density at radius 1 is 1.10 bits per heavy atom. The minimum absolute atomic E-state index is 0.00224. The van der Waals surface area contributed by atoms with Crippen LogP contribution in [0.1, 0.15) is 54.9 Å². The normalized spacial score (nSPS) is 22.0. The molecular weight excluding hydrogens is 606 g/mol. The Morgan fingerprint density at radius 3 is 2.58 bits per heavy atom. The van der Waals surface area contributed by atoms with E-state index in [1.165, 1.54) is 18.4 Å². The highest BCUT2D eigenvalue weighted by molar-refractivity contribution is 6.04. The number of hydrazine groups is 1. The van der Waals surface area contributed by atoms with Gasteiger partial charge in [0.2, 0.25) is 5.95 Å². The smallest absolute Gasteiger partial charge is 0.251 e. The molecule has 0 radical (unpaired) electrons. The van der Waals surface area contributed by atoms with Crippen LogP contribution in [0.15, 0.2) is 54.7 Å². The molecule has 4 heterocycles. The highest BCUT2D eigenvalue weighted by Crippen LogP contribution is 2.36. The second kappa shape index (κ2) is 14.9. The Kier molecular flexibility index (Phi) is 10.4. The lowest BCUT2D eigenvalue weighted by molar-refractivity contribution is -0.120. The standard InChI is InChI=1S/C36H49N9O3/c1-6-30-35(47)43(4)31-23-38-36(41-33(31)45(30)42(2)3)40-29-13-12-25(21-32(29)48-5)34(46)39-26-16-19-44(27-14-17-37-18-15-27)28(22-26)20-24-10-8-7-9-11-24/h7-13,21,23,26-28,30,37H,6,14-20,22H2,1-5H3,(H,39,46)(H,38,40,41)/t26?,28-,30?/m1/s1. The number of fused-ring (bicyclic) bond motifs is 1. The summed E-state index contributed by atoms with van der Waals surface area (Å²) in [6, 6.07) is 16.8. The van der Waals surface area contributed by atoms with Gasteiger partial charge in [-0.3, -0.25) is 19.5 Å². The summed E-state index contributed by atoms with van der Waals surface area (Å²) in [5, 5.41) is 13.9. The van der Waals surface area contributed by atoms with E-state index in [1.54, 1.807) is 37.4 Å². The molecule has 12 heteroatoms. The Balaban J connectivity index is 1.16. The van der Waals surface area contributed by atoms with E-state index >= 15 is 0 Å². The fourth-order valence-electron chi connectivity index (χ4n) is 7.47. The molecule has 2 fully saturated rings. The van der Waals surface area contributed by atoms with Crippen molar-refractivity contribution in [1.82, 2.24) is 30.5 Å². The third kappa shape index (κ3) is 7.11. The number of carbonyl (C=O) groups excluding carboxylic acids is 2. The van der Waals surface area contributed by atoms with Crippen molar-refractivity contribution in [2.24, 2.45) is 0 Å². The molecule has 3 atom stereocenters. The molecule has 6 rings (SSSR count). The van der Waals surface area contributed by atoms with Gasteiger partial charge in [0.1, 0.15) is 17.5 Å². The van der Waals surface area contributed by atoms with Crippen LogP contribution in [0.2, 0.25) is 0 Å². The number of hydrogen-bond acceptors (Lipinski definition) is 10. The molecule has 48 heavy (non-hydrogen) atoms. The zero-order valence-electron chi connectivity index (χ0n) is 28.8. The van der Waals surface area contributed by atoms with Gasteiger partial charge in [0, 0.05) is 51.4 Å². The van der Waals surface area contributed by atoms with Gasteiger partial charge in [-0.1, -0.05) is 37.3 Å². The summed E-state index contributed by atoms with van der Waals surface area (Å²) in [5.74, 6) is 1.40. The lowest BCUT2D eigenvalue weighted by Gasteiger charge is -2.45. The number of hydrogen-bond donors (Lipinski definition) is 3. The molecule has 256 valence electrons. The summed E-state index contributed by atoms with van der Waals surface area (Å²) in [5.41, 5.74) is 3.14. The first-order chi connectivity index (χ1) is 23.3. The Hall–Kier alpha value is -4.26. The number of methoxy groups -OCH3 is 1. The van der Waals surface area contributed by atoms with Crippen LogP contribution >= 0.6 is 0 Å². The van der Waals surface area contributed by atoms with Crippen LogP contribution in [0.3, 0.4) is 0 Å². The fraction of sp³-hybridized carbons (Fsp3) is 0.500. The molecular formula is C36H49N9O3. The minimum Gasteiger partial charge on any atom is -0.495 e. The number of benzene rings is 2. The van der Waals surface area contributed by atoms with Crippen LogP contribution in [-0.2, 0) is 11.2 Å². The van der Waals surface area contributed by atoms with Crippen molar-refractivity contribution in [2.75, 3.05) is 63.1 Å². The first-order valence-corrected chi connectivity index (χ1v) is 17.1. The van der Waals surface area contributed by atoms with Crippen molar-refractivity contribution in [3.63, 3.8) is 0 Å². The lowest BCUT2D eigenvalue weighted by atomic mass is 9.89. The number of anilines is 4. The van der Waals surface area contributed by atoms with Gasteiger partial charge in [-0.05, 0) is 75.4 Å². The third-order valence-electron chi connectivity index (χ3n) is 9.96. The van der Waals surface area contributed by atoms with E-state index in [1.807, 2.05) is 37.1 Å². The number of nitrogens with zero attached hydrogens (tertiary/aromatic N) is 6. The quantitative estimate of drug-likeness (QED) is 0.298. The van der Waals surface area contributed by atoms with Gasteiger partial charge in [0.05, 0.1) is 19.0 Å². The molecule has 2 saturated heterocycles. The van der Waals surface area contributed by atoms with Crippen LogP contribution in [0.25, 0.3) is 0 Å². The summed E-state index contributed by atoms with van der Waals surface area (Å²) in [6.07, 6.45) is 7.45. The Bertz CT molecular complexity index is 1580. The zero-order chi connectivity index (χ0) is 33.8. The number of likely N-dealkylation sites (N-methyl/N-ethyl adjacent to an activating group) is 1. The molecule has 3 aromatic rings. The number of nitrogens with one attached hydrogen (secondary N) is 3. The highest BCUT2D eigenvalue weighted by atomic mass is 16.5. The SMILES string of the molecule is CCC1C(=O)N(C)c2cnc(Nc3ccc(C(=O)NC4CCN(C5CCNCC5)[C@H](Cc5ccccc5)C4)cc3OC)nc2N1N(C)C. The molecule has 2 aromatic carbocycles. The van der Waals surface area contributed by atoms with E-state index < -0.39 is 0 Å². The van der Waals surface area contributed by atoms with Crippen LogP contribution < -0.4 is 30.6 Å². The number of ether oxygens (including phenoxy) is 1. The Labute approximate surface area is 283 Å². The number of carbonyl (C=O) groups is 2. The molecule has 1 aromatic heterocycles. The van der Waals surface area contributed by atoms with Gasteiger partial charge in [-0.25, -0.2) is 9.99 Å². The molecule has 0 spiro atoms. The van der Waals surface area contributed by atoms with E-state index in [2.05, 4.69) is 56.2 Å². The number of rotatable bonds is 10. The predicted octanol–water partition coefficient (Wildman–Crippen LogP) is 3.82. The summed E-state index contributed by atoms with van der Waals surface area (Å²) in [4.78, 5) is 40.2. The average Bonchev–Trinajstić information content (AvgIpc) is 3.10. The predicted molar refractivity (Wildman–Crippen MR) is 189 cm³/mol. The van der Waals surface area contributed by atoms with Crippen LogP contribution in [0.5, 0.6) is 5.75 Å². The van der Waals surface area contributed by atoms with E-state index in [9.17, 15) is 9.59 Å². The Morgan fingerprint density at radius 2 is 1.88 bits per heavy atom. The number of likely N-dealkylation sites (tertiary alicyclic amines) is 1. The second-order valence-electron chi connectivity index (χ2n) is 13.2. The van der Waals surface area contributed by atoms with Gasteiger partial charge >= 0.3 is 0 Å². The van der Waals surface area contributed by atoms with E-state index in [-0.39, 0.29) is 23.9 Å². The van der Waals surface area contributed by atoms with Gasteiger partial charge in [0.15, 0.2) is 5.82 Å². The van der Waals surface area contributed by atoms with Crippen molar-refractivity contribution in [1.29, 1.82) is 0 Å². The summed E-state index contributed by atoms with van der Waals surface area (Å²) in [6.45, 7) is 5.10. The van der Waals surface area contributed by atoms with Crippen LogP contribution in [0.4, 0.5) is 23.1 Å². The zero-order valence-corrected chi connectivity index (χ0v) is 28.8. The maximum absolute atomic E-state index is 13.6. The summed E-state index contributed by atoms with van der Waals surface area (Å²) in [7, 11) is 7.13. The molecule has 2 amide bonds. The molecule has 2 unspecified atom stereocenters. The number of piperidine rings is 2. The first kappa shape index (κ1) is 33.6. The number of aromatic nitrogens is 2. The molecule has 0 bridgehead atoms. The summed E-state index contributed by atoms with van der Waals surface area (Å²) >= 11 is 0.